The van der Waals surface area contributed by atoms with Crippen molar-refractivity contribution < 1.29 is 14.3 Å². The van der Waals surface area contributed by atoms with Crippen LogP contribution in [-0.4, -0.2) is 54.9 Å². The molecule has 0 saturated carbocycles. The number of nitrogens with zero attached hydrogens (tertiary/aromatic N) is 3. The summed E-state index contributed by atoms with van der Waals surface area (Å²) >= 11 is 0. The first-order valence-corrected chi connectivity index (χ1v) is 9.96. The lowest BCUT2D eigenvalue weighted by molar-refractivity contribution is 0.174. The molecule has 8 nitrogen and oxygen atoms in total. The number of carbonyl (C=O) groups is 1. The number of hydrogen-bond acceptors (Lipinski definition) is 6. The molecular weight excluding hydrogens is 370 g/mol. The van der Waals surface area contributed by atoms with Gasteiger partial charge in [0, 0.05) is 38.8 Å². The molecule has 1 saturated heterocycles. The fourth-order valence-electron chi connectivity index (χ4n) is 3.51. The molecule has 0 radical (unpaired) electrons. The van der Waals surface area contributed by atoms with Gasteiger partial charge in [0.05, 0.1) is 11.9 Å². The van der Waals surface area contributed by atoms with Gasteiger partial charge < -0.3 is 25.0 Å². The lowest BCUT2D eigenvalue weighted by Gasteiger charge is -2.35. The van der Waals surface area contributed by atoms with E-state index in [1.165, 1.54) is 5.56 Å². The van der Waals surface area contributed by atoms with Crippen molar-refractivity contribution in [1.29, 1.82) is 0 Å². The molecule has 0 unspecified atom stereocenters. The number of anilines is 2. The van der Waals surface area contributed by atoms with E-state index in [1.807, 2.05) is 32.0 Å². The zero-order chi connectivity index (χ0) is 20.2. The Balaban J connectivity index is 1.27. The number of benzene rings is 1. The summed E-state index contributed by atoms with van der Waals surface area (Å²) in [6, 6.07) is 9.87. The second-order valence-corrected chi connectivity index (χ2v) is 7.61. The molecule has 1 aromatic carbocycles. The molecule has 2 aliphatic rings. The van der Waals surface area contributed by atoms with Crippen LogP contribution < -0.4 is 25.0 Å². The number of amides is 2. The lowest BCUT2D eigenvalue weighted by Crippen LogP contribution is -2.46. The predicted molar refractivity (Wildman–Crippen MR) is 112 cm³/mol. The maximum atomic E-state index is 11.8. The highest BCUT2D eigenvalue weighted by atomic mass is 16.7. The number of fused-ring (bicyclic) bond motifs is 1. The highest BCUT2D eigenvalue weighted by Crippen LogP contribution is 2.32. The molecule has 8 heteroatoms. The largest absolute Gasteiger partial charge is 0.454 e. The van der Waals surface area contributed by atoms with E-state index in [1.54, 1.807) is 6.20 Å². The maximum Gasteiger partial charge on any atom is 0.319 e. The molecule has 0 aliphatic carbocycles. The van der Waals surface area contributed by atoms with Crippen LogP contribution in [0.1, 0.15) is 19.4 Å². The minimum Gasteiger partial charge on any atom is -0.454 e. The Morgan fingerprint density at radius 1 is 1.10 bits per heavy atom. The lowest BCUT2D eigenvalue weighted by atomic mass is 10.1. The van der Waals surface area contributed by atoms with Crippen molar-refractivity contribution >= 4 is 17.5 Å². The Kier molecular flexibility index (Phi) is 5.71. The highest BCUT2D eigenvalue weighted by Gasteiger charge is 2.20. The number of carbonyl (C=O) groups excluding carboxylic acids is 1. The van der Waals surface area contributed by atoms with Crippen LogP contribution in [0.25, 0.3) is 0 Å². The summed E-state index contributed by atoms with van der Waals surface area (Å²) in [5.74, 6) is 2.59. The van der Waals surface area contributed by atoms with Crippen LogP contribution in [0.4, 0.5) is 16.3 Å². The van der Waals surface area contributed by atoms with Crippen LogP contribution in [0.15, 0.2) is 36.5 Å². The van der Waals surface area contributed by atoms with Gasteiger partial charge in [-0.15, -0.1) is 0 Å². The van der Waals surface area contributed by atoms with Crippen molar-refractivity contribution in [3.63, 3.8) is 0 Å². The third-order valence-electron chi connectivity index (χ3n) is 4.96. The van der Waals surface area contributed by atoms with E-state index in [-0.39, 0.29) is 12.1 Å². The number of urea groups is 1. The van der Waals surface area contributed by atoms with Gasteiger partial charge in [-0.2, -0.15) is 0 Å². The van der Waals surface area contributed by atoms with Crippen LogP contribution in [0, 0.1) is 0 Å². The predicted octanol–water partition coefficient (Wildman–Crippen LogP) is 2.66. The van der Waals surface area contributed by atoms with Crippen molar-refractivity contribution in [2.45, 2.75) is 26.4 Å². The van der Waals surface area contributed by atoms with Gasteiger partial charge in [-0.1, -0.05) is 6.07 Å². The first kappa shape index (κ1) is 19.3. The minimum atomic E-state index is -0.216. The SMILES string of the molecule is CC(C)NC(=O)Nc1ccc(N2CCN(Cc3ccc4c(c3)OCO4)CC2)nc1. The Bertz CT molecular complexity index is 848. The monoisotopic (exact) mass is 397 g/mol. The summed E-state index contributed by atoms with van der Waals surface area (Å²) in [6.45, 7) is 8.81. The Morgan fingerprint density at radius 3 is 2.62 bits per heavy atom. The fourth-order valence-corrected chi connectivity index (χ4v) is 3.51. The molecule has 3 heterocycles. The van der Waals surface area contributed by atoms with Crippen LogP contribution in [0.3, 0.4) is 0 Å². The van der Waals surface area contributed by atoms with E-state index in [9.17, 15) is 4.79 Å². The number of pyridine rings is 1. The first-order valence-electron chi connectivity index (χ1n) is 9.96. The van der Waals surface area contributed by atoms with Gasteiger partial charge in [-0.3, -0.25) is 4.90 Å². The van der Waals surface area contributed by atoms with Crippen molar-refractivity contribution in [1.82, 2.24) is 15.2 Å². The van der Waals surface area contributed by atoms with Gasteiger partial charge >= 0.3 is 6.03 Å². The average Bonchev–Trinajstić information content (AvgIpc) is 3.16. The van der Waals surface area contributed by atoms with E-state index >= 15 is 0 Å². The molecule has 2 aliphatic heterocycles. The van der Waals surface area contributed by atoms with Gasteiger partial charge in [0.15, 0.2) is 11.5 Å². The normalized spacial score (nSPS) is 16.2. The number of piperazine rings is 1. The molecule has 0 bridgehead atoms. The van der Waals surface area contributed by atoms with E-state index in [4.69, 9.17) is 9.47 Å². The number of hydrogen-bond donors (Lipinski definition) is 2. The second-order valence-electron chi connectivity index (χ2n) is 7.61. The molecule has 1 fully saturated rings. The Labute approximate surface area is 170 Å². The fraction of sp³-hybridized carbons (Fsp3) is 0.429. The smallest absolute Gasteiger partial charge is 0.319 e. The summed E-state index contributed by atoms with van der Waals surface area (Å²) in [6.07, 6.45) is 1.70. The topological polar surface area (TPSA) is 79.0 Å². The molecule has 0 spiro atoms. The third-order valence-corrected chi connectivity index (χ3v) is 4.96. The standard InChI is InChI=1S/C21H27N5O3/c1-15(2)23-21(27)24-17-4-6-20(22-12-17)26-9-7-25(8-10-26)13-16-3-5-18-19(11-16)29-14-28-18/h3-6,11-12,15H,7-10,13-14H2,1-2H3,(H2,23,24,27). The Morgan fingerprint density at radius 2 is 1.90 bits per heavy atom. The molecule has 0 atom stereocenters. The quantitative estimate of drug-likeness (QED) is 0.808. The van der Waals surface area contributed by atoms with Crippen molar-refractivity contribution in [2.75, 3.05) is 43.2 Å². The van der Waals surface area contributed by atoms with E-state index in [2.05, 4.69) is 37.6 Å². The number of nitrogens with one attached hydrogen (secondary N) is 2. The summed E-state index contributed by atoms with van der Waals surface area (Å²) < 4.78 is 10.8. The third kappa shape index (κ3) is 4.89. The van der Waals surface area contributed by atoms with Crippen LogP contribution >= 0.6 is 0 Å². The summed E-state index contributed by atoms with van der Waals surface area (Å²) in [5.41, 5.74) is 1.92. The van der Waals surface area contributed by atoms with E-state index < -0.39 is 0 Å². The number of ether oxygens (including phenoxy) is 2. The summed E-state index contributed by atoms with van der Waals surface area (Å²) in [4.78, 5) is 21.0. The van der Waals surface area contributed by atoms with Crippen LogP contribution in [0.5, 0.6) is 11.5 Å². The molecule has 4 rings (SSSR count). The van der Waals surface area contributed by atoms with Crippen molar-refractivity contribution in [2.24, 2.45) is 0 Å². The molecule has 2 N–H and O–H groups in total. The maximum absolute atomic E-state index is 11.8. The van der Waals surface area contributed by atoms with Gasteiger partial charge in [-0.25, -0.2) is 9.78 Å². The molecule has 2 aromatic rings. The highest BCUT2D eigenvalue weighted by molar-refractivity contribution is 5.89. The van der Waals surface area contributed by atoms with Gasteiger partial charge in [-0.05, 0) is 43.7 Å². The van der Waals surface area contributed by atoms with Crippen molar-refractivity contribution in [3.8, 4) is 11.5 Å². The molecule has 1 aromatic heterocycles. The van der Waals surface area contributed by atoms with Crippen molar-refractivity contribution in [3.05, 3.63) is 42.1 Å². The molecule has 2 amide bonds. The van der Waals surface area contributed by atoms with Gasteiger partial charge in [0.1, 0.15) is 5.82 Å². The number of aromatic nitrogens is 1. The van der Waals surface area contributed by atoms with Crippen LogP contribution in [-0.2, 0) is 6.54 Å². The molecular formula is C21H27N5O3. The summed E-state index contributed by atoms with van der Waals surface area (Å²) in [5, 5.41) is 5.60. The van der Waals surface area contributed by atoms with E-state index in [0.29, 0.717) is 12.5 Å². The zero-order valence-corrected chi connectivity index (χ0v) is 16.9. The first-order chi connectivity index (χ1) is 14.1. The number of rotatable bonds is 5. The van der Waals surface area contributed by atoms with Gasteiger partial charge in [0.25, 0.3) is 0 Å². The van der Waals surface area contributed by atoms with E-state index in [0.717, 1.165) is 50.0 Å². The van der Waals surface area contributed by atoms with Gasteiger partial charge in [0.2, 0.25) is 6.79 Å². The zero-order valence-electron chi connectivity index (χ0n) is 16.9. The summed E-state index contributed by atoms with van der Waals surface area (Å²) in [7, 11) is 0. The Hall–Kier alpha value is -3.00. The average molecular weight is 397 g/mol. The minimum absolute atomic E-state index is 0.0937. The molecule has 154 valence electrons. The second kappa shape index (κ2) is 8.57. The van der Waals surface area contributed by atoms with Crippen LogP contribution in [0.2, 0.25) is 0 Å². The molecule has 29 heavy (non-hydrogen) atoms.